The van der Waals surface area contributed by atoms with Gasteiger partial charge in [-0.05, 0) is 50.5 Å². The minimum Gasteiger partial charge on any atom is -0.384 e. The molecule has 3 heteroatoms. The van der Waals surface area contributed by atoms with Crippen molar-refractivity contribution in [1.29, 1.82) is 0 Å². The maximum absolute atomic E-state index is 12.4. The van der Waals surface area contributed by atoms with Crippen molar-refractivity contribution >= 4 is 11.6 Å². The quantitative estimate of drug-likeness (QED) is 0.831. The lowest BCUT2D eigenvalue weighted by molar-refractivity contribution is -0.123. The Hall–Kier alpha value is -1.12. The van der Waals surface area contributed by atoms with E-state index in [0.29, 0.717) is 18.2 Å². The molecule has 1 heterocycles. The smallest absolute Gasteiger partial charge is 0.164 e. The first-order chi connectivity index (χ1) is 8.39. The average Bonchev–Trinajstić information content (AvgIpc) is 2.98. The summed E-state index contributed by atoms with van der Waals surface area (Å²) in [6.07, 6.45) is 6.86. The van der Waals surface area contributed by atoms with Crippen LogP contribution in [0.1, 0.15) is 52.9 Å². The van der Waals surface area contributed by atoms with Gasteiger partial charge in [-0.15, -0.1) is 0 Å². The van der Waals surface area contributed by atoms with E-state index in [-0.39, 0.29) is 5.78 Å². The van der Waals surface area contributed by atoms with Crippen molar-refractivity contribution in [3.05, 3.63) is 11.6 Å². The molecule has 0 spiro atoms. The van der Waals surface area contributed by atoms with Crippen molar-refractivity contribution in [3.8, 4) is 0 Å². The molecule has 0 aromatic rings. The van der Waals surface area contributed by atoms with Gasteiger partial charge in [0.25, 0.3) is 0 Å². The summed E-state index contributed by atoms with van der Waals surface area (Å²) in [7, 11) is 0. The van der Waals surface area contributed by atoms with Gasteiger partial charge >= 0.3 is 0 Å². The second kappa shape index (κ2) is 4.87. The Morgan fingerprint density at radius 1 is 1.50 bits per heavy atom. The molecule has 1 saturated carbocycles. The summed E-state index contributed by atoms with van der Waals surface area (Å²) in [6, 6.07) is 0. The predicted octanol–water partition coefficient (Wildman–Crippen LogP) is 2.85. The van der Waals surface area contributed by atoms with Crippen LogP contribution in [-0.2, 0) is 4.79 Å². The molecule has 0 bridgehead atoms. The van der Waals surface area contributed by atoms with Gasteiger partial charge in [-0.1, -0.05) is 19.4 Å². The minimum atomic E-state index is -0.625. The molecule has 0 aromatic carbocycles. The number of nitrogens with two attached hydrogens (primary N) is 1. The third kappa shape index (κ3) is 3.21. The second-order valence-corrected chi connectivity index (χ2v) is 6.46. The number of Topliss-reactive ketones (excluding diaryl/α,β-unsaturated/α-hetero) is 1. The van der Waals surface area contributed by atoms with E-state index in [0.717, 1.165) is 18.8 Å². The summed E-state index contributed by atoms with van der Waals surface area (Å²) in [5, 5.41) is 0. The summed E-state index contributed by atoms with van der Waals surface area (Å²) in [5.41, 5.74) is 6.51. The molecule has 1 fully saturated rings. The Bertz CT molecular complexity index is 405. The zero-order valence-corrected chi connectivity index (χ0v) is 11.7. The largest absolute Gasteiger partial charge is 0.384 e. The lowest BCUT2D eigenvalue weighted by Gasteiger charge is -2.25. The van der Waals surface area contributed by atoms with Crippen LogP contribution in [0, 0.1) is 11.8 Å². The lowest BCUT2D eigenvalue weighted by Crippen LogP contribution is -2.35. The average molecular weight is 248 g/mol. The number of allylic oxidation sites excluding steroid dienone is 1. The van der Waals surface area contributed by atoms with Crippen LogP contribution < -0.4 is 5.73 Å². The highest BCUT2D eigenvalue weighted by molar-refractivity contribution is 6.00. The monoisotopic (exact) mass is 248 g/mol. The van der Waals surface area contributed by atoms with Crippen LogP contribution in [0.5, 0.6) is 0 Å². The molecule has 18 heavy (non-hydrogen) atoms. The summed E-state index contributed by atoms with van der Waals surface area (Å²) in [4.78, 5) is 16.9. The highest BCUT2D eigenvalue weighted by Crippen LogP contribution is 2.37. The SMILES string of the molecule is CC(C)CC1(C)N=C(N)C=C(CC2CC2)CC1=O. The van der Waals surface area contributed by atoms with Crippen molar-refractivity contribution in [2.45, 2.75) is 58.4 Å². The Morgan fingerprint density at radius 3 is 2.72 bits per heavy atom. The molecule has 100 valence electrons. The molecule has 3 nitrogen and oxygen atoms in total. The number of carbonyl (C=O) groups is 1. The number of rotatable bonds is 4. The first-order valence-corrected chi connectivity index (χ1v) is 6.97. The van der Waals surface area contributed by atoms with Gasteiger partial charge < -0.3 is 5.73 Å². The molecule has 1 aliphatic carbocycles. The second-order valence-electron chi connectivity index (χ2n) is 6.46. The van der Waals surface area contributed by atoms with Crippen molar-refractivity contribution in [1.82, 2.24) is 0 Å². The van der Waals surface area contributed by atoms with Crippen molar-refractivity contribution in [2.75, 3.05) is 0 Å². The topological polar surface area (TPSA) is 55.4 Å². The Balaban J connectivity index is 2.15. The molecule has 0 aromatic heterocycles. The van der Waals surface area contributed by atoms with E-state index < -0.39 is 5.54 Å². The molecular formula is C15H24N2O. The van der Waals surface area contributed by atoms with Crippen LogP contribution in [0.4, 0.5) is 0 Å². The highest BCUT2D eigenvalue weighted by Gasteiger charge is 2.36. The van der Waals surface area contributed by atoms with Gasteiger partial charge in [-0.25, -0.2) is 0 Å². The number of amidine groups is 1. The number of hydrogen-bond donors (Lipinski definition) is 1. The van der Waals surface area contributed by atoms with Gasteiger partial charge in [0.15, 0.2) is 5.78 Å². The van der Waals surface area contributed by atoms with Gasteiger partial charge in [-0.3, -0.25) is 9.79 Å². The van der Waals surface area contributed by atoms with Crippen LogP contribution >= 0.6 is 0 Å². The number of aliphatic imine (C=N–C) groups is 1. The molecule has 2 aliphatic rings. The van der Waals surface area contributed by atoms with Crippen molar-refractivity contribution in [3.63, 3.8) is 0 Å². The molecule has 1 aliphatic heterocycles. The van der Waals surface area contributed by atoms with Crippen LogP contribution in [0.25, 0.3) is 0 Å². The zero-order chi connectivity index (χ0) is 13.3. The van der Waals surface area contributed by atoms with Gasteiger partial charge in [0.05, 0.1) is 0 Å². The zero-order valence-electron chi connectivity index (χ0n) is 11.7. The third-order valence-corrected chi connectivity index (χ3v) is 3.77. The Morgan fingerprint density at radius 2 is 2.17 bits per heavy atom. The number of ketones is 1. The summed E-state index contributed by atoms with van der Waals surface area (Å²) >= 11 is 0. The van der Waals surface area contributed by atoms with Crippen LogP contribution in [0.3, 0.4) is 0 Å². The molecule has 0 amide bonds. The molecule has 2 N–H and O–H groups in total. The van der Waals surface area contributed by atoms with Crippen LogP contribution in [0.2, 0.25) is 0 Å². The molecule has 1 atom stereocenters. The Labute approximate surface area is 110 Å². The van der Waals surface area contributed by atoms with Crippen molar-refractivity contribution in [2.24, 2.45) is 22.6 Å². The van der Waals surface area contributed by atoms with E-state index in [1.54, 1.807) is 0 Å². The normalized spacial score (nSPS) is 29.0. The fraction of sp³-hybridized carbons (Fsp3) is 0.733. The van der Waals surface area contributed by atoms with Crippen LogP contribution in [-0.4, -0.2) is 17.2 Å². The first-order valence-electron chi connectivity index (χ1n) is 6.97. The molecule has 0 radical (unpaired) electrons. The van der Waals surface area contributed by atoms with Gasteiger partial charge in [0.2, 0.25) is 0 Å². The fourth-order valence-electron chi connectivity index (χ4n) is 2.81. The fourth-order valence-corrected chi connectivity index (χ4v) is 2.81. The van der Waals surface area contributed by atoms with E-state index in [2.05, 4.69) is 18.8 Å². The van der Waals surface area contributed by atoms with E-state index in [1.807, 2.05) is 13.0 Å². The van der Waals surface area contributed by atoms with E-state index in [4.69, 9.17) is 5.73 Å². The van der Waals surface area contributed by atoms with E-state index in [9.17, 15) is 4.79 Å². The molecule has 1 unspecified atom stereocenters. The minimum absolute atomic E-state index is 0.226. The van der Waals surface area contributed by atoms with E-state index in [1.165, 1.54) is 18.4 Å². The molecule has 2 rings (SSSR count). The lowest BCUT2D eigenvalue weighted by atomic mass is 9.84. The maximum atomic E-state index is 12.4. The summed E-state index contributed by atoms with van der Waals surface area (Å²) in [5.74, 6) is 1.98. The summed E-state index contributed by atoms with van der Waals surface area (Å²) < 4.78 is 0. The third-order valence-electron chi connectivity index (χ3n) is 3.77. The van der Waals surface area contributed by atoms with Gasteiger partial charge in [-0.2, -0.15) is 0 Å². The maximum Gasteiger partial charge on any atom is 0.164 e. The van der Waals surface area contributed by atoms with E-state index >= 15 is 0 Å². The first kappa shape index (κ1) is 13.3. The van der Waals surface area contributed by atoms with Gasteiger partial charge in [0.1, 0.15) is 11.4 Å². The van der Waals surface area contributed by atoms with Crippen LogP contribution in [0.15, 0.2) is 16.6 Å². The van der Waals surface area contributed by atoms with Gasteiger partial charge in [0, 0.05) is 6.42 Å². The summed E-state index contributed by atoms with van der Waals surface area (Å²) in [6.45, 7) is 6.16. The highest BCUT2D eigenvalue weighted by atomic mass is 16.1. The number of carbonyl (C=O) groups excluding carboxylic acids is 1. The molecule has 0 saturated heterocycles. The predicted molar refractivity (Wildman–Crippen MR) is 74.5 cm³/mol. The molecular weight excluding hydrogens is 224 g/mol. The Kier molecular flexibility index (Phi) is 3.60. The number of nitrogens with zero attached hydrogens (tertiary/aromatic N) is 1. The number of hydrogen-bond acceptors (Lipinski definition) is 3. The standard InChI is InChI=1S/C15H24N2O/c1-10(2)9-15(3)13(18)7-12(6-11-4-5-11)8-14(16)17-15/h8,10-11H,4-7,9H2,1-3H3,(H2,16,17). The van der Waals surface area contributed by atoms with Crippen molar-refractivity contribution < 1.29 is 4.79 Å².